The molecule has 0 spiro atoms. The van der Waals surface area contributed by atoms with Gasteiger partial charge in [-0.25, -0.2) is 5.43 Å². The van der Waals surface area contributed by atoms with Gasteiger partial charge in [0.15, 0.2) is 0 Å². The molecular weight excluding hydrogens is 246 g/mol. The zero-order valence-electron chi connectivity index (χ0n) is 11.1. The fourth-order valence-electron chi connectivity index (χ4n) is 1.89. The van der Waals surface area contributed by atoms with Crippen LogP contribution in [-0.4, -0.2) is 29.2 Å². The molecule has 2 rings (SSSR count). The lowest BCUT2D eigenvalue weighted by atomic mass is 10.0. The van der Waals surface area contributed by atoms with Crippen LogP contribution in [0, 0.1) is 0 Å². The molecule has 0 fully saturated rings. The van der Waals surface area contributed by atoms with E-state index in [0.29, 0.717) is 11.4 Å². The Hall–Kier alpha value is -2.12. The van der Waals surface area contributed by atoms with E-state index in [4.69, 9.17) is 15.3 Å². The fourth-order valence-corrected chi connectivity index (χ4v) is 1.89. The van der Waals surface area contributed by atoms with Crippen molar-refractivity contribution in [3.63, 3.8) is 0 Å². The highest BCUT2D eigenvalue weighted by atomic mass is 16.5. The highest BCUT2D eigenvalue weighted by molar-refractivity contribution is 5.44. The third kappa shape index (κ3) is 2.67. The van der Waals surface area contributed by atoms with Crippen LogP contribution in [0.1, 0.15) is 17.3 Å². The quantitative estimate of drug-likeness (QED) is 0.599. The summed E-state index contributed by atoms with van der Waals surface area (Å²) in [6, 6.07) is 5.24. The number of nitrogens with one attached hydrogen (secondary N) is 1. The molecule has 102 valence electrons. The van der Waals surface area contributed by atoms with Crippen LogP contribution in [0.2, 0.25) is 0 Å². The Morgan fingerprint density at radius 1 is 1.32 bits per heavy atom. The molecule has 0 amide bonds. The predicted molar refractivity (Wildman–Crippen MR) is 69.7 cm³/mol. The maximum absolute atomic E-state index is 5.63. The number of aryl methyl sites for hydroxylation is 1. The van der Waals surface area contributed by atoms with Crippen molar-refractivity contribution in [1.82, 2.24) is 20.4 Å². The third-order valence-corrected chi connectivity index (χ3v) is 2.83. The Morgan fingerprint density at radius 3 is 2.63 bits per heavy atom. The number of hydrogen-bond donors (Lipinski definition) is 2. The van der Waals surface area contributed by atoms with E-state index in [0.717, 1.165) is 11.3 Å². The van der Waals surface area contributed by atoms with Gasteiger partial charge >= 0.3 is 0 Å². The molecule has 19 heavy (non-hydrogen) atoms. The largest absolute Gasteiger partial charge is 0.497 e. The predicted octanol–water partition coefficient (Wildman–Crippen LogP) is 0.385. The first-order valence-corrected chi connectivity index (χ1v) is 5.74. The third-order valence-electron chi connectivity index (χ3n) is 2.83. The highest BCUT2D eigenvalue weighted by Crippen LogP contribution is 2.31. The second-order valence-corrected chi connectivity index (χ2v) is 3.97. The Labute approximate surface area is 111 Å². The number of rotatable bonds is 5. The standard InChI is InChI=1S/C12H17N5O2/c1-17-14-7-10(16-17)12(15-13)9-5-4-8(18-2)6-11(9)19-3/h4-7,12,15H,13H2,1-3H3. The maximum atomic E-state index is 5.63. The molecule has 0 aliphatic rings. The van der Waals surface area contributed by atoms with E-state index in [1.807, 2.05) is 12.1 Å². The number of aromatic nitrogens is 3. The fraction of sp³-hybridized carbons (Fsp3) is 0.333. The van der Waals surface area contributed by atoms with Crippen molar-refractivity contribution in [3.8, 4) is 11.5 Å². The molecule has 1 unspecified atom stereocenters. The summed E-state index contributed by atoms with van der Waals surface area (Å²) in [6.07, 6.45) is 1.66. The molecule has 2 aromatic rings. The lowest BCUT2D eigenvalue weighted by Gasteiger charge is -2.17. The second-order valence-electron chi connectivity index (χ2n) is 3.97. The number of benzene rings is 1. The zero-order chi connectivity index (χ0) is 13.8. The van der Waals surface area contributed by atoms with E-state index in [9.17, 15) is 0 Å². The molecule has 7 nitrogen and oxygen atoms in total. The van der Waals surface area contributed by atoms with Crippen LogP contribution in [0.4, 0.5) is 0 Å². The molecule has 0 saturated carbocycles. The van der Waals surface area contributed by atoms with Crippen LogP contribution in [-0.2, 0) is 7.05 Å². The minimum absolute atomic E-state index is 0.297. The van der Waals surface area contributed by atoms with Crippen molar-refractivity contribution in [2.45, 2.75) is 6.04 Å². The molecule has 0 aliphatic carbocycles. The van der Waals surface area contributed by atoms with Gasteiger partial charge in [0.2, 0.25) is 0 Å². The molecular formula is C12H17N5O2. The van der Waals surface area contributed by atoms with Gasteiger partial charge < -0.3 is 9.47 Å². The van der Waals surface area contributed by atoms with Crippen LogP contribution in [0.5, 0.6) is 11.5 Å². The highest BCUT2D eigenvalue weighted by Gasteiger charge is 2.20. The average Bonchev–Trinajstić information content (AvgIpc) is 2.86. The smallest absolute Gasteiger partial charge is 0.127 e. The molecule has 0 aliphatic heterocycles. The summed E-state index contributed by atoms with van der Waals surface area (Å²) in [4.78, 5) is 1.48. The van der Waals surface area contributed by atoms with E-state index >= 15 is 0 Å². The molecule has 1 aromatic carbocycles. The van der Waals surface area contributed by atoms with E-state index in [1.165, 1.54) is 4.80 Å². The molecule has 1 aromatic heterocycles. The number of hydrogen-bond acceptors (Lipinski definition) is 6. The number of ether oxygens (including phenoxy) is 2. The van der Waals surface area contributed by atoms with Crippen molar-refractivity contribution < 1.29 is 9.47 Å². The molecule has 0 radical (unpaired) electrons. The molecule has 1 heterocycles. The van der Waals surface area contributed by atoms with Crippen LogP contribution in [0.25, 0.3) is 0 Å². The summed E-state index contributed by atoms with van der Waals surface area (Å²) >= 11 is 0. The van der Waals surface area contributed by atoms with Gasteiger partial charge in [-0.3, -0.25) is 5.84 Å². The lowest BCUT2D eigenvalue weighted by molar-refractivity contribution is 0.387. The van der Waals surface area contributed by atoms with Gasteiger partial charge in [0.1, 0.15) is 17.2 Å². The van der Waals surface area contributed by atoms with Crippen molar-refractivity contribution in [2.75, 3.05) is 14.2 Å². The van der Waals surface area contributed by atoms with Gasteiger partial charge in [0.05, 0.1) is 26.5 Å². The summed E-state index contributed by atoms with van der Waals surface area (Å²) in [5, 5.41) is 8.30. The first-order valence-electron chi connectivity index (χ1n) is 5.74. The topological polar surface area (TPSA) is 87.2 Å². The van der Waals surface area contributed by atoms with Crippen LogP contribution < -0.4 is 20.7 Å². The Balaban J connectivity index is 2.43. The van der Waals surface area contributed by atoms with Crippen molar-refractivity contribution in [1.29, 1.82) is 0 Å². The van der Waals surface area contributed by atoms with E-state index in [2.05, 4.69) is 15.6 Å². The Bertz CT molecular complexity index is 555. The van der Waals surface area contributed by atoms with E-state index < -0.39 is 0 Å². The summed E-state index contributed by atoms with van der Waals surface area (Å²) in [5.41, 5.74) is 4.31. The average molecular weight is 263 g/mol. The SMILES string of the molecule is COc1ccc(C(NN)c2cnn(C)n2)c(OC)c1. The Morgan fingerprint density at radius 2 is 2.11 bits per heavy atom. The normalized spacial score (nSPS) is 12.2. The zero-order valence-corrected chi connectivity index (χ0v) is 11.1. The van der Waals surface area contributed by atoms with E-state index in [1.54, 1.807) is 33.5 Å². The number of nitrogens with two attached hydrogens (primary N) is 1. The van der Waals surface area contributed by atoms with Gasteiger partial charge in [0.25, 0.3) is 0 Å². The lowest BCUT2D eigenvalue weighted by Crippen LogP contribution is -2.29. The summed E-state index contributed by atoms with van der Waals surface area (Å²) in [6.45, 7) is 0. The van der Waals surface area contributed by atoms with Crippen LogP contribution in [0.3, 0.4) is 0 Å². The van der Waals surface area contributed by atoms with Crippen molar-refractivity contribution in [2.24, 2.45) is 12.9 Å². The number of hydrazine groups is 1. The molecule has 3 N–H and O–H groups in total. The van der Waals surface area contributed by atoms with Gasteiger partial charge in [-0.2, -0.15) is 15.0 Å². The Kier molecular flexibility index (Phi) is 3.98. The minimum atomic E-state index is -0.297. The van der Waals surface area contributed by atoms with E-state index in [-0.39, 0.29) is 6.04 Å². The number of nitrogens with zero attached hydrogens (tertiary/aromatic N) is 3. The number of methoxy groups -OCH3 is 2. The van der Waals surface area contributed by atoms with Crippen LogP contribution >= 0.6 is 0 Å². The first-order chi connectivity index (χ1) is 9.19. The van der Waals surface area contributed by atoms with Crippen LogP contribution in [0.15, 0.2) is 24.4 Å². The van der Waals surface area contributed by atoms with Crippen molar-refractivity contribution in [3.05, 3.63) is 35.7 Å². The molecule has 0 bridgehead atoms. The molecule has 1 atom stereocenters. The first kappa shape index (κ1) is 13.3. The summed E-state index contributed by atoms with van der Waals surface area (Å²) in [5.74, 6) is 7.02. The van der Waals surface area contributed by atoms with Gasteiger partial charge in [-0.05, 0) is 12.1 Å². The van der Waals surface area contributed by atoms with Gasteiger partial charge in [-0.15, -0.1) is 0 Å². The molecule has 0 saturated heterocycles. The maximum Gasteiger partial charge on any atom is 0.127 e. The van der Waals surface area contributed by atoms with Crippen molar-refractivity contribution >= 4 is 0 Å². The second kappa shape index (κ2) is 5.68. The molecule has 7 heteroatoms. The summed E-state index contributed by atoms with van der Waals surface area (Å²) in [7, 11) is 4.96. The monoisotopic (exact) mass is 263 g/mol. The minimum Gasteiger partial charge on any atom is -0.497 e. The summed E-state index contributed by atoms with van der Waals surface area (Å²) < 4.78 is 10.5. The van der Waals surface area contributed by atoms with Gasteiger partial charge in [0, 0.05) is 18.7 Å². The van der Waals surface area contributed by atoms with Gasteiger partial charge in [-0.1, -0.05) is 0 Å².